The number of benzene rings is 1. The lowest BCUT2D eigenvalue weighted by Crippen LogP contribution is -2.39. The highest BCUT2D eigenvalue weighted by atomic mass is 35.5. The van der Waals surface area contributed by atoms with Crippen molar-refractivity contribution in [3.8, 4) is 6.07 Å². The van der Waals surface area contributed by atoms with Gasteiger partial charge in [-0.15, -0.1) is 0 Å². The molecular weight excluding hydrogens is 224 g/mol. The molecule has 1 rings (SSSR count). The van der Waals surface area contributed by atoms with Gasteiger partial charge in [0.1, 0.15) is 0 Å². The molecule has 1 aromatic carbocycles. The minimum atomic E-state index is -0.836. The third kappa shape index (κ3) is 3.13. The van der Waals surface area contributed by atoms with Gasteiger partial charge in [-0.1, -0.05) is 11.6 Å². The highest BCUT2D eigenvalue weighted by molar-refractivity contribution is 6.33. The molecule has 0 amide bonds. The number of hydrogen-bond donors (Lipinski definition) is 2. The maximum Gasteiger partial charge on any atom is 0.0992 e. The van der Waals surface area contributed by atoms with E-state index in [2.05, 4.69) is 5.32 Å². The molecule has 0 aliphatic rings. The smallest absolute Gasteiger partial charge is 0.0992 e. The Labute approximate surface area is 101 Å². The Balaban J connectivity index is 2.88. The van der Waals surface area contributed by atoms with Gasteiger partial charge in [-0.05, 0) is 39.0 Å². The van der Waals surface area contributed by atoms with Crippen LogP contribution in [-0.2, 0) is 0 Å². The first-order chi connectivity index (χ1) is 7.34. The second kappa shape index (κ2) is 4.73. The maximum absolute atomic E-state index is 9.78. The zero-order valence-corrected chi connectivity index (χ0v) is 10.3. The molecule has 0 fully saturated rings. The van der Waals surface area contributed by atoms with Crippen LogP contribution in [0.25, 0.3) is 0 Å². The van der Waals surface area contributed by atoms with E-state index >= 15 is 0 Å². The second-order valence-corrected chi connectivity index (χ2v) is 4.73. The van der Waals surface area contributed by atoms with E-state index in [9.17, 15) is 5.11 Å². The Morgan fingerprint density at radius 2 is 2.12 bits per heavy atom. The lowest BCUT2D eigenvalue weighted by Gasteiger charge is -2.28. The molecule has 0 aliphatic heterocycles. The molecule has 0 saturated carbocycles. The highest BCUT2D eigenvalue weighted by Crippen LogP contribution is 2.25. The summed E-state index contributed by atoms with van der Waals surface area (Å²) >= 11 is 6.01. The molecule has 0 radical (unpaired) electrons. The molecule has 4 heteroatoms. The molecule has 1 aromatic rings. The average molecular weight is 239 g/mol. The molecule has 16 heavy (non-hydrogen) atoms. The normalized spacial score (nSPS) is 13.0. The Morgan fingerprint density at radius 3 is 2.56 bits per heavy atom. The van der Waals surface area contributed by atoms with Gasteiger partial charge in [0, 0.05) is 0 Å². The van der Waals surface area contributed by atoms with Crippen LogP contribution >= 0.6 is 11.6 Å². The Kier molecular flexibility index (Phi) is 3.79. The van der Waals surface area contributed by atoms with Crippen LogP contribution in [0.3, 0.4) is 0 Å². The van der Waals surface area contributed by atoms with Crippen LogP contribution in [0.2, 0.25) is 5.02 Å². The van der Waals surface area contributed by atoms with Crippen molar-refractivity contribution in [2.75, 3.05) is 5.32 Å². The summed E-state index contributed by atoms with van der Waals surface area (Å²) < 4.78 is 0. The number of aliphatic hydroxyl groups is 1. The van der Waals surface area contributed by atoms with E-state index < -0.39 is 5.60 Å². The fourth-order valence-electron chi connectivity index (χ4n) is 1.11. The standard InChI is InChI=1S/C12H15ClN2O/c1-8(12(2,3)16)15-11-5-4-9(7-14)6-10(11)13/h4-6,8,15-16H,1-3H3. The summed E-state index contributed by atoms with van der Waals surface area (Å²) in [6.07, 6.45) is 0. The zero-order chi connectivity index (χ0) is 12.3. The molecule has 0 aromatic heterocycles. The van der Waals surface area contributed by atoms with Gasteiger partial charge in [0.05, 0.1) is 34.0 Å². The van der Waals surface area contributed by atoms with Gasteiger partial charge >= 0.3 is 0 Å². The molecule has 0 saturated heterocycles. The lowest BCUT2D eigenvalue weighted by molar-refractivity contribution is 0.0649. The molecule has 86 valence electrons. The van der Waals surface area contributed by atoms with Gasteiger partial charge in [0.25, 0.3) is 0 Å². The van der Waals surface area contributed by atoms with Gasteiger partial charge in [-0.25, -0.2) is 0 Å². The van der Waals surface area contributed by atoms with E-state index in [-0.39, 0.29) is 6.04 Å². The summed E-state index contributed by atoms with van der Waals surface area (Å²) in [5, 5.41) is 22.1. The number of rotatable bonds is 3. The number of nitrogens with one attached hydrogen (secondary N) is 1. The summed E-state index contributed by atoms with van der Waals surface area (Å²) in [5.41, 5.74) is 0.402. The zero-order valence-electron chi connectivity index (χ0n) is 9.58. The molecular formula is C12H15ClN2O. The summed E-state index contributed by atoms with van der Waals surface area (Å²) in [5.74, 6) is 0. The fraction of sp³-hybridized carbons (Fsp3) is 0.417. The molecule has 3 nitrogen and oxygen atoms in total. The molecule has 0 bridgehead atoms. The van der Waals surface area contributed by atoms with Crippen LogP contribution in [0.5, 0.6) is 0 Å². The van der Waals surface area contributed by atoms with Crippen molar-refractivity contribution in [2.45, 2.75) is 32.4 Å². The van der Waals surface area contributed by atoms with E-state index in [1.807, 2.05) is 13.0 Å². The Morgan fingerprint density at radius 1 is 1.50 bits per heavy atom. The Bertz CT molecular complexity index is 418. The molecule has 2 N–H and O–H groups in total. The van der Waals surface area contributed by atoms with Crippen LogP contribution in [0, 0.1) is 11.3 Å². The fourth-order valence-corrected chi connectivity index (χ4v) is 1.35. The van der Waals surface area contributed by atoms with Crippen molar-refractivity contribution in [3.63, 3.8) is 0 Å². The molecule has 0 spiro atoms. The first-order valence-corrected chi connectivity index (χ1v) is 5.41. The number of anilines is 1. The number of nitriles is 1. The van der Waals surface area contributed by atoms with Crippen LogP contribution in [0.15, 0.2) is 18.2 Å². The van der Waals surface area contributed by atoms with Crippen molar-refractivity contribution < 1.29 is 5.11 Å². The van der Waals surface area contributed by atoms with Crippen molar-refractivity contribution >= 4 is 17.3 Å². The summed E-state index contributed by atoms with van der Waals surface area (Å²) in [6.45, 7) is 5.32. The van der Waals surface area contributed by atoms with Gasteiger partial charge in [-0.2, -0.15) is 5.26 Å². The van der Waals surface area contributed by atoms with Crippen molar-refractivity contribution in [1.29, 1.82) is 5.26 Å². The number of nitrogens with zero attached hydrogens (tertiary/aromatic N) is 1. The summed E-state index contributed by atoms with van der Waals surface area (Å²) in [7, 11) is 0. The summed E-state index contributed by atoms with van der Waals surface area (Å²) in [4.78, 5) is 0. The van der Waals surface area contributed by atoms with Gasteiger partial charge in [0.15, 0.2) is 0 Å². The van der Waals surface area contributed by atoms with E-state index in [1.165, 1.54) is 0 Å². The third-order valence-electron chi connectivity index (χ3n) is 2.53. The topological polar surface area (TPSA) is 56.0 Å². The average Bonchev–Trinajstić information content (AvgIpc) is 2.19. The van der Waals surface area contributed by atoms with Crippen molar-refractivity contribution in [2.24, 2.45) is 0 Å². The maximum atomic E-state index is 9.78. The van der Waals surface area contributed by atoms with E-state index in [4.69, 9.17) is 16.9 Å². The van der Waals surface area contributed by atoms with Gasteiger partial charge < -0.3 is 10.4 Å². The predicted octanol–water partition coefficient (Wildman–Crippen LogP) is 2.78. The molecule has 1 unspecified atom stereocenters. The van der Waals surface area contributed by atoms with Crippen molar-refractivity contribution in [1.82, 2.24) is 0 Å². The highest BCUT2D eigenvalue weighted by Gasteiger charge is 2.22. The van der Waals surface area contributed by atoms with E-state index in [0.29, 0.717) is 10.6 Å². The van der Waals surface area contributed by atoms with Crippen LogP contribution in [0.1, 0.15) is 26.3 Å². The van der Waals surface area contributed by atoms with Gasteiger partial charge in [0.2, 0.25) is 0 Å². The minimum absolute atomic E-state index is 0.141. The number of hydrogen-bond acceptors (Lipinski definition) is 3. The lowest BCUT2D eigenvalue weighted by atomic mass is 10.0. The molecule has 0 aliphatic carbocycles. The number of halogens is 1. The quantitative estimate of drug-likeness (QED) is 0.852. The van der Waals surface area contributed by atoms with E-state index in [1.54, 1.807) is 32.0 Å². The molecule has 0 heterocycles. The SMILES string of the molecule is CC(Nc1ccc(C#N)cc1Cl)C(C)(C)O. The largest absolute Gasteiger partial charge is 0.388 e. The van der Waals surface area contributed by atoms with Gasteiger partial charge in [-0.3, -0.25) is 0 Å². The second-order valence-electron chi connectivity index (χ2n) is 4.33. The van der Waals surface area contributed by atoms with E-state index in [0.717, 1.165) is 5.69 Å². The predicted molar refractivity (Wildman–Crippen MR) is 65.5 cm³/mol. The van der Waals surface area contributed by atoms with Crippen LogP contribution < -0.4 is 5.32 Å². The first kappa shape index (κ1) is 12.8. The third-order valence-corrected chi connectivity index (χ3v) is 2.84. The Hall–Kier alpha value is -1.24. The monoisotopic (exact) mass is 238 g/mol. The summed E-state index contributed by atoms with van der Waals surface area (Å²) in [6, 6.07) is 6.90. The first-order valence-electron chi connectivity index (χ1n) is 5.03. The van der Waals surface area contributed by atoms with Crippen LogP contribution in [0.4, 0.5) is 5.69 Å². The molecule has 1 atom stereocenters. The minimum Gasteiger partial charge on any atom is -0.388 e. The van der Waals surface area contributed by atoms with Crippen LogP contribution in [-0.4, -0.2) is 16.7 Å². The van der Waals surface area contributed by atoms with Crippen molar-refractivity contribution in [3.05, 3.63) is 28.8 Å².